The molecule has 1 atom stereocenters. The van der Waals surface area contributed by atoms with Crippen molar-refractivity contribution in [2.45, 2.75) is 13.1 Å². The van der Waals surface area contributed by atoms with Crippen LogP contribution in [0.2, 0.25) is 5.02 Å². The van der Waals surface area contributed by atoms with Crippen molar-refractivity contribution in [2.24, 2.45) is 4.99 Å². The van der Waals surface area contributed by atoms with Crippen LogP contribution < -0.4 is 20.3 Å². The van der Waals surface area contributed by atoms with Gasteiger partial charge in [0.15, 0.2) is 5.78 Å². The third-order valence-corrected chi connectivity index (χ3v) is 6.98. The molecule has 1 heterocycles. The lowest BCUT2D eigenvalue weighted by Gasteiger charge is -2.25. The Labute approximate surface area is 242 Å². The number of halogens is 1. The molecule has 2 N–H and O–H groups in total. The van der Waals surface area contributed by atoms with E-state index in [0.717, 1.165) is 11.1 Å². The fourth-order valence-corrected chi connectivity index (χ4v) is 4.92. The van der Waals surface area contributed by atoms with Gasteiger partial charge in [0.1, 0.15) is 5.75 Å². The summed E-state index contributed by atoms with van der Waals surface area (Å²) in [6.45, 7) is 1.62. The molecule has 41 heavy (non-hydrogen) atoms. The number of urea groups is 1. The zero-order valence-electron chi connectivity index (χ0n) is 22.4. The Morgan fingerprint density at radius 3 is 2.39 bits per heavy atom. The molecule has 0 saturated heterocycles. The molecule has 0 spiro atoms. The van der Waals surface area contributed by atoms with Gasteiger partial charge in [0.05, 0.1) is 30.1 Å². The highest BCUT2D eigenvalue weighted by Crippen LogP contribution is 2.30. The van der Waals surface area contributed by atoms with E-state index in [1.54, 1.807) is 36.4 Å². The number of carbonyl (C=O) groups is 3. The van der Waals surface area contributed by atoms with Crippen LogP contribution in [0.3, 0.4) is 0 Å². The molecule has 4 aromatic carbocycles. The number of aryl methyl sites for hydroxylation is 1. The fourth-order valence-electron chi connectivity index (χ4n) is 4.66. The maximum Gasteiger partial charge on any atom is 0.321 e. The fraction of sp³-hybridized carbons (Fsp3) is 0.125. The third kappa shape index (κ3) is 5.97. The summed E-state index contributed by atoms with van der Waals surface area (Å²) in [5, 5.41) is 5.69. The van der Waals surface area contributed by atoms with Crippen molar-refractivity contribution < 1.29 is 19.1 Å². The van der Waals surface area contributed by atoms with E-state index in [1.807, 2.05) is 61.5 Å². The summed E-state index contributed by atoms with van der Waals surface area (Å²) < 4.78 is 5.17. The zero-order valence-corrected chi connectivity index (χ0v) is 23.2. The van der Waals surface area contributed by atoms with Gasteiger partial charge in [0, 0.05) is 22.4 Å². The van der Waals surface area contributed by atoms with E-state index in [-0.39, 0.29) is 12.3 Å². The molecule has 1 aliphatic heterocycles. The number of ketones is 1. The second kappa shape index (κ2) is 12.1. The molecule has 0 radical (unpaired) electrons. The Balaban J connectivity index is 1.52. The molecule has 8 nitrogen and oxygen atoms in total. The predicted octanol–water partition coefficient (Wildman–Crippen LogP) is 5.87. The van der Waals surface area contributed by atoms with Crippen LogP contribution in [0.4, 0.5) is 16.2 Å². The molecule has 0 bridgehead atoms. The van der Waals surface area contributed by atoms with Gasteiger partial charge >= 0.3 is 6.03 Å². The van der Waals surface area contributed by atoms with Crippen LogP contribution in [0, 0.1) is 6.92 Å². The SMILES string of the molecule is COc1ccc(NC(=O)N[C@@H]2N=C(c3ccccc3)c3ccccc3N(CC(=O)c3ccccc3C)C2=O)cc1Cl. The lowest BCUT2D eigenvalue weighted by Crippen LogP contribution is -2.50. The monoisotopic (exact) mass is 566 g/mol. The Morgan fingerprint density at radius 2 is 1.66 bits per heavy atom. The maximum absolute atomic E-state index is 14.0. The molecule has 206 valence electrons. The number of benzodiazepines with no additional fused rings is 1. The number of aliphatic imine (C=N–C) groups is 1. The number of rotatable bonds is 7. The largest absolute Gasteiger partial charge is 0.495 e. The number of para-hydroxylation sites is 1. The third-order valence-electron chi connectivity index (χ3n) is 6.68. The van der Waals surface area contributed by atoms with Gasteiger partial charge in [-0.1, -0.05) is 84.4 Å². The van der Waals surface area contributed by atoms with Crippen LogP contribution in [-0.4, -0.2) is 43.3 Å². The van der Waals surface area contributed by atoms with Crippen LogP contribution in [0.5, 0.6) is 5.75 Å². The van der Waals surface area contributed by atoms with Gasteiger partial charge in [-0.3, -0.25) is 9.59 Å². The van der Waals surface area contributed by atoms with Crippen LogP contribution >= 0.6 is 11.6 Å². The van der Waals surface area contributed by atoms with E-state index < -0.39 is 18.1 Å². The number of nitrogens with zero attached hydrogens (tertiary/aromatic N) is 2. The minimum absolute atomic E-state index is 0.230. The van der Waals surface area contributed by atoms with Crippen LogP contribution in [0.25, 0.3) is 0 Å². The zero-order chi connectivity index (χ0) is 28.9. The number of benzene rings is 4. The first-order valence-corrected chi connectivity index (χ1v) is 13.3. The normalized spacial score (nSPS) is 14.4. The molecular formula is C32H27ClN4O4. The van der Waals surface area contributed by atoms with E-state index in [1.165, 1.54) is 18.1 Å². The Morgan fingerprint density at radius 1 is 0.951 bits per heavy atom. The quantitative estimate of drug-likeness (QED) is 0.273. The lowest BCUT2D eigenvalue weighted by molar-refractivity contribution is -0.120. The first-order valence-electron chi connectivity index (χ1n) is 12.9. The number of carbonyl (C=O) groups excluding carboxylic acids is 3. The van der Waals surface area contributed by atoms with Crippen molar-refractivity contribution in [1.29, 1.82) is 0 Å². The number of hydrogen-bond acceptors (Lipinski definition) is 5. The number of hydrogen-bond donors (Lipinski definition) is 2. The summed E-state index contributed by atoms with van der Waals surface area (Å²) in [6.07, 6.45) is -1.32. The van der Waals surface area contributed by atoms with E-state index in [2.05, 4.69) is 10.6 Å². The minimum Gasteiger partial charge on any atom is -0.495 e. The molecule has 0 aliphatic carbocycles. The molecule has 0 fully saturated rings. The standard InChI is InChI=1S/C32H27ClN4O4/c1-20-10-6-7-13-23(20)27(38)19-37-26-15-9-8-14-24(26)29(21-11-4-3-5-12-21)35-30(31(37)39)36-32(40)34-22-16-17-28(41-2)25(33)18-22/h3-18,30H,19H2,1-2H3,(H2,34,36,40)/t30-/m0/s1. The van der Waals surface area contributed by atoms with E-state index in [4.69, 9.17) is 21.3 Å². The number of fused-ring (bicyclic) bond motifs is 1. The number of Topliss-reactive ketones (excluding diaryl/α,β-unsaturated/α-hetero) is 1. The van der Waals surface area contributed by atoms with Crippen LogP contribution in [0.1, 0.15) is 27.0 Å². The van der Waals surface area contributed by atoms with Gasteiger partial charge in [0.2, 0.25) is 6.17 Å². The summed E-state index contributed by atoms with van der Waals surface area (Å²) in [6, 6.07) is 28.0. The van der Waals surface area contributed by atoms with E-state index >= 15 is 0 Å². The summed E-state index contributed by atoms with van der Waals surface area (Å²) in [4.78, 5) is 46.7. The maximum atomic E-state index is 14.0. The predicted molar refractivity (Wildman–Crippen MR) is 160 cm³/mol. The topological polar surface area (TPSA) is 100 Å². The van der Waals surface area contributed by atoms with Crippen molar-refractivity contribution in [3.05, 3.63) is 124 Å². The average molecular weight is 567 g/mol. The summed E-state index contributed by atoms with van der Waals surface area (Å²) >= 11 is 6.21. The van der Waals surface area contributed by atoms with Crippen molar-refractivity contribution in [2.75, 3.05) is 23.9 Å². The molecule has 9 heteroatoms. The van der Waals surface area contributed by atoms with Crippen molar-refractivity contribution in [1.82, 2.24) is 5.32 Å². The first-order chi connectivity index (χ1) is 19.9. The van der Waals surface area contributed by atoms with Gasteiger partial charge in [-0.25, -0.2) is 9.79 Å². The molecule has 5 rings (SSSR count). The number of ether oxygens (including phenoxy) is 1. The number of nitrogens with one attached hydrogen (secondary N) is 2. The summed E-state index contributed by atoms with van der Waals surface area (Å²) in [5.41, 5.74) is 4.18. The minimum atomic E-state index is -1.32. The van der Waals surface area contributed by atoms with E-state index in [9.17, 15) is 14.4 Å². The summed E-state index contributed by atoms with van der Waals surface area (Å²) in [5.74, 6) is -0.320. The number of amides is 3. The van der Waals surface area contributed by atoms with Crippen molar-refractivity contribution in [3.63, 3.8) is 0 Å². The molecular weight excluding hydrogens is 540 g/mol. The smallest absolute Gasteiger partial charge is 0.321 e. The number of methoxy groups -OCH3 is 1. The van der Waals surface area contributed by atoms with Gasteiger partial charge in [-0.05, 0) is 36.8 Å². The van der Waals surface area contributed by atoms with E-state index in [0.29, 0.717) is 39.0 Å². The molecule has 1 aliphatic rings. The molecule has 0 saturated carbocycles. The number of anilines is 2. The van der Waals surface area contributed by atoms with Crippen molar-refractivity contribution in [3.8, 4) is 5.75 Å². The van der Waals surface area contributed by atoms with Crippen molar-refractivity contribution >= 4 is 46.4 Å². The highest BCUT2D eigenvalue weighted by Gasteiger charge is 2.34. The molecule has 0 unspecified atom stereocenters. The Hall–Kier alpha value is -4.95. The highest BCUT2D eigenvalue weighted by molar-refractivity contribution is 6.32. The lowest BCUT2D eigenvalue weighted by atomic mass is 9.99. The Kier molecular flexibility index (Phi) is 8.12. The second-order valence-electron chi connectivity index (χ2n) is 9.37. The van der Waals surface area contributed by atoms with Gasteiger partial charge in [0.25, 0.3) is 5.91 Å². The molecule has 0 aromatic heterocycles. The van der Waals surface area contributed by atoms with Gasteiger partial charge in [-0.2, -0.15) is 0 Å². The van der Waals surface area contributed by atoms with Crippen LogP contribution in [-0.2, 0) is 4.79 Å². The van der Waals surface area contributed by atoms with Gasteiger partial charge < -0.3 is 20.3 Å². The van der Waals surface area contributed by atoms with Crippen LogP contribution in [0.15, 0.2) is 102 Å². The Bertz CT molecular complexity index is 1650. The average Bonchev–Trinajstić information content (AvgIpc) is 3.08. The second-order valence-corrected chi connectivity index (χ2v) is 9.78. The first kappa shape index (κ1) is 27.6. The summed E-state index contributed by atoms with van der Waals surface area (Å²) in [7, 11) is 1.49. The molecule has 3 amide bonds. The van der Waals surface area contributed by atoms with Gasteiger partial charge in [-0.15, -0.1) is 0 Å². The highest BCUT2D eigenvalue weighted by atomic mass is 35.5. The molecule has 4 aromatic rings.